The van der Waals surface area contributed by atoms with Crippen molar-refractivity contribution in [3.63, 3.8) is 0 Å². The Morgan fingerprint density at radius 2 is 2.20 bits per heavy atom. The van der Waals surface area contributed by atoms with Crippen LogP contribution in [0.5, 0.6) is 5.75 Å². The average Bonchev–Trinajstić information content (AvgIpc) is 2.45. The summed E-state index contributed by atoms with van der Waals surface area (Å²) in [6, 6.07) is 6.60. The molecule has 1 rings (SSSR count). The van der Waals surface area contributed by atoms with Crippen LogP contribution in [0.3, 0.4) is 0 Å². The summed E-state index contributed by atoms with van der Waals surface area (Å²) >= 11 is 3.26. The van der Waals surface area contributed by atoms with E-state index in [1.165, 1.54) is 7.11 Å². The molecule has 106 valence electrons. The number of hydrogen-bond acceptors (Lipinski definition) is 5. The van der Waals surface area contributed by atoms with E-state index in [0.29, 0.717) is 15.8 Å². The molecule has 0 aliphatic rings. The van der Waals surface area contributed by atoms with Crippen molar-refractivity contribution >= 4 is 27.8 Å². The second-order valence-corrected chi connectivity index (χ2v) is 4.54. The van der Waals surface area contributed by atoms with Gasteiger partial charge in [-0.15, -0.1) is 0 Å². The van der Waals surface area contributed by atoms with Crippen molar-refractivity contribution in [1.29, 1.82) is 5.26 Å². The van der Waals surface area contributed by atoms with Crippen LogP contribution in [0.25, 0.3) is 0 Å². The van der Waals surface area contributed by atoms with Crippen molar-refractivity contribution in [2.75, 3.05) is 20.3 Å². The molecule has 0 aromatic heterocycles. The topological polar surface area (TPSA) is 88.4 Å². The van der Waals surface area contributed by atoms with Crippen molar-refractivity contribution in [2.45, 2.75) is 6.42 Å². The molecule has 0 saturated carbocycles. The zero-order valence-corrected chi connectivity index (χ0v) is 12.4. The van der Waals surface area contributed by atoms with Crippen LogP contribution in [-0.2, 0) is 9.53 Å². The zero-order valence-electron chi connectivity index (χ0n) is 10.8. The van der Waals surface area contributed by atoms with Gasteiger partial charge in [0.25, 0.3) is 5.91 Å². The number of ether oxygens (including phenoxy) is 2. The summed E-state index contributed by atoms with van der Waals surface area (Å²) < 4.78 is 10.5. The number of amides is 1. The number of hydrogen-bond donors (Lipinski definition) is 1. The van der Waals surface area contributed by atoms with E-state index in [0.717, 1.165) is 0 Å². The molecule has 0 spiro atoms. The normalized spacial score (nSPS) is 9.45. The van der Waals surface area contributed by atoms with E-state index in [1.54, 1.807) is 18.2 Å². The average molecular weight is 341 g/mol. The summed E-state index contributed by atoms with van der Waals surface area (Å²) in [6.45, 7) is -0.144. The molecule has 1 N–H and O–H groups in total. The standard InChI is InChI=1S/C13H13BrN2O4/c1-19-11-4-3-9(7-10(11)14)13(18)20-8-12(17)16-6-2-5-15/h3-4,7H,2,6,8H2,1H3,(H,16,17). The zero-order chi connectivity index (χ0) is 15.0. The lowest BCUT2D eigenvalue weighted by molar-refractivity contribution is -0.124. The fourth-order valence-corrected chi connectivity index (χ4v) is 1.86. The molecule has 0 atom stereocenters. The maximum Gasteiger partial charge on any atom is 0.338 e. The Morgan fingerprint density at radius 1 is 1.45 bits per heavy atom. The van der Waals surface area contributed by atoms with Gasteiger partial charge < -0.3 is 14.8 Å². The van der Waals surface area contributed by atoms with Crippen LogP contribution in [-0.4, -0.2) is 32.1 Å². The van der Waals surface area contributed by atoms with Gasteiger partial charge in [-0.1, -0.05) is 0 Å². The molecule has 0 aliphatic heterocycles. The number of esters is 1. The molecular formula is C13H13BrN2O4. The largest absolute Gasteiger partial charge is 0.496 e. The monoisotopic (exact) mass is 340 g/mol. The van der Waals surface area contributed by atoms with Gasteiger partial charge in [0.1, 0.15) is 5.75 Å². The van der Waals surface area contributed by atoms with Crippen molar-refractivity contribution < 1.29 is 19.1 Å². The maximum atomic E-state index is 11.7. The summed E-state index contributed by atoms with van der Waals surface area (Å²) in [5, 5.41) is 10.8. The fourth-order valence-electron chi connectivity index (χ4n) is 1.32. The third-order valence-corrected chi connectivity index (χ3v) is 2.90. The van der Waals surface area contributed by atoms with E-state index < -0.39 is 11.9 Å². The van der Waals surface area contributed by atoms with Crippen LogP contribution in [0.4, 0.5) is 0 Å². The molecule has 1 amide bonds. The van der Waals surface area contributed by atoms with Gasteiger partial charge in [0.15, 0.2) is 6.61 Å². The van der Waals surface area contributed by atoms with E-state index in [-0.39, 0.29) is 19.6 Å². The number of carbonyl (C=O) groups excluding carboxylic acids is 2. The summed E-state index contributed by atoms with van der Waals surface area (Å²) in [7, 11) is 1.52. The van der Waals surface area contributed by atoms with Crippen LogP contribution >= 0.6 is 15.9 Å². The molecule has 6 nitrogen and oxygen atoms in total. The summed E-state index contributed by atoms with van der Waals surface area (Å²) in [5.41, 5.74) is 0.308. The lowest BCUT2D eigenvalue weighted by atomic mass is 10.2. The molecule has 1 aromatic rings. The predicted molar refractivity (Wildman–Crippen MR) is 74.2 cm³/mol. The second-order valence-electron chi connectivity index (χ2n) is 3.68. The van der Waals surface area contributed by atoms with Gasteiger partial charge in [-0.25, -0.2) is 4.79 Å². The number of nitrogens with zero attached hydrogens (tertiary/aromatic N) is 1. The Hall–Kier alpha value is -2.07. The molecule has 20 heavy (non-hydrogen) atoms. The molecule has 0 fully saturated rings. The number of methoxy groups -OCH3 is 1. The van der Waals surface area contributed by atoms with Gasteiger partial charge in [-0.05, 0) is 34.1 Å². The maximum absolute atomic E-state index is 11.7. The first-order chi connectivity index (χ1) is 9.58. The van der Waals surface area contributed by atoms with E-state index in [4.69, 9.17) is 14.7 Å². The molecule has 0 radical (unpaired) electrons. The van der Waals surface area contributed by atoms with E-state index in [2.05, 4.69) is 21.2 Å². The van der Waals surface area contributed by atoms with Gasteiger partial charge in [0.2, 0.25) is 0 Å². The SMILES string of the molecule is COc1ccc(C(=O)OCC(=O)NCCC#N)cc1Br. The van der Waals surface area contributed by atoms with Crippen LogP contribution in [0.1, 0.15) is 16.8 Å². The van der Waals surface area contributed by atoms with Crippen LogP contribution in [0, 0.1) is 11.3 Å². The van der Waals surface area contributed by atoms with Gasteiger partial charge >= 0.3 is 5.97 Å². The third-order valence-electron chi connectivity index (χ3n) is 2.28. The van der Waals surface area contributed by atoms with Crippen LogP contribution < -0.4 is 10.1 Å². The minimum atomic E-state index is -0.608. The molecule has 1 aromatic carbocycles. The molecular weight excluding hydrogens is 328 g/mol. The molecule has 0 unspecified atom stereocenters. The number of carbonyl (C=O) groups is 2. The fraction of sp³-hybridized carbons (Fsp3) is 0.308. The number of halogens is 1. The Kier molecular flexibility index (Phi) is 6.53. The summed E-state index contributed by atoms with van der Waals surface area (Å²) in [4.78, 5) is 23.0. The third kappa shape index (κ3) is 4.90. The number of benzene rings is 1. The van der Waals surface area contributed by atoms with Crippen molar-refractivity contribution in [3.8, 4) is 11.8 Å². The van der Waals surface area contributed by atoms with Gasteiger partial charge in [0, 0.05) is 6.54 Å². The second kappa shape index (κ2) is 8.17. The van der Waals surface area contributed by atoms with Crippen LogP contribution in [0.2, 0.25) is 0 Å². The first-order valence-corrected chi connectivity index (χ1v) is 6.52. The smallest absolute Gasteiger partial charge is 0.338 e. The first kappa shape index (κ1) is 16.0. The van der Waals surface area contributed by atoms with E-state index in [1.807, 2.05) is 6.07 Å². The lowest BCUT2D eigenvalue weighted by Gasteiger charge is -2.07. The number of nitrogens with one attached hydrogen (secondary N) is 1. The van der Waals surface area contributed by atoms with Crippen molar-refractivity contribution in [2.24, 2.45) is 0 Å². The van der Waals surface area contributed by atoms with Gasteiger partial charge in [-0.3, -0.25) is 4.79 Å². The first-order valence-electron chi connectivity index (χ1n) is 5.72. The molecule has 7 heteroatoms. The van der Waals surface area contributed by atoms with Crippen molar-refractivity contribution in [3.05, 3.63) is 28.2 Å². The molecule has 0 saturated heterocycles. The minimum absolute atomic E-state index is 0.213. The number of nitriles is 1. The number of rotatable bonds is 6. The molecule has 0 aliphatic carbocycles. The van der Waals surface area contributed by atoms with E-state index >= 15 is 0 Å². The predicted octanol–water partition coefficient (Wildman–Crippen LogP) is 1.64. The van der Waals surface area contributed by atoms with Gasteiger partial charge in [-0.2, -0.15) is 5.26 Å². The highest BCUT2D eigenvalue weighted by Gasteiger charge is 2.12. The Balaban J connectivity index is 2.49. The lowest BCUT2D eigenvalue weighted by Crippen LogP contribution is -2.29. The summed E-state index contributed by atoms with van der Waals surface area (Å²) in [5.74, 6) is -0.458. The quantitative estimate of drug-likeness (QED) is 0.628. The molecule has 0 bridgehead atoms. The Labute approximate surface area is 124 Å². The van der Waals surface area contributed by atoms with Crippen LogP contribution in [0.15, 0.2) is 22.7 Å². The highest BCUT2D eigenvalue weighted by molar-refractivity contribution is 9.10. The van der Waals surface area contributed by atoms with Crippen molar-refractivity contribution in [1.82, 2.24) is 5.32 Å². The Bertz CT molecular complexity index is 540. The van der Waals surface area contributed by atoms with E-state index in [9.17, 15) is 9.59 Å². The minimum Gasteiger partial charge on any atom is -0.496 e. The highest BCUT2D eigenvalue weighted by atomic mass is 79.9. The van der Waals surface area contributed by atoms with Gasteiger partial charge in [0.05, 0.1) is 29.6 Å². The highest BCUT2D eigenvalue weighted by Crippen LogP contribution is 2.25. The Morgan fingerprint density at radius 3 is 2.80 bits per heavy atom. The summed E-state index contributed by atoms with van der Waals surface area (Å²) in [6.07, 6.45) is 0.213. The molecule has 0 heterocycles.